The quantitative estimate of drug-likeness (QED) is 0.610. The molecule has 1 saturated heterocycles. The number of esters is 1. The van der Waals surface area contributed by atoms with Crippen LogP contribution in [0.15, 0.2) is 34.5 Å². The summed E-state index contributed by atoms with van der Waals surface area (Å²) in [5.41, 5.74) is -1.71. The Labute approximate surface area is 184 Å². The smallest absolute Gasteiger partial charge is 0.418 e. The second kappa shape index (κ2) is 9.15. The molecule has 0 saturated carbocycles. The van der Waals surface area contributed by atoms with E-state index in [-0.39, 0.29) is 14.8 Å². The van der Waals surface area contributed by atoms with E-state index in [1.165, 1.54) is 21.8 Å². The van der Waals surface area contributed by atoms with E-state index in [1.54, 1.807) is 0 Å². The van der Waals surface area contributed by atoms with Gasteiger partial charge in [0.1, 0.15) is 9.77 Å². The summed E-state index contributed by atoms with van der Waals surface area (Å²) in [5.74, 6) is -2.09. The molecule has 7 nitrogen and oxygen atoms in total. The molecule has 168 valence electrons. The number of ether oxygens (including phenoxy) is 1. The summed E-state index contributed by atoms with van der Waals surface area (Å²) < 4.78 is 70.8. The van der Waals surface area contributed by atoms with Crippen LogP contribution in [0.3, 0.4) is 0 Å². The number of carbonyl (C=O) groups is 2. The molecule has 0 spiro atoms. The highest BCUT2D eigenvalue weighted by atomic mass is 35.5. The SMILES string of the molecule is O=C(COC(=O)c1sccc1S(=O)(=O)N1CCCC1)Nc1ccc(Cl)cc1C(F)(F)F. The van der Waals surface area contributed by atoms with Gasteiger partial charge in [-0.25, -0.2) is 13.2 Å². The second-order valence-corrected chi connectivity index (χ2v) is 9.80. The summed E-state index contributed by atoms with van der Waals surface area (Å²) in [6.45, 7) is -0.213. The Bertz CT molecular complexity index is 1100. The first-order valence-electron chi connectivity index (χ1n) is 8.91. The van der Waals surface area contributed by atoms with E-state index < -0.39 is 45.9 Å². The third kappa shape index (κ3) is 5.37. The molecular weight excluding hydrogens is 481 g/mol. The zero-order valence-electron chi connectivity index (χ0n) is 15.7. The average molecular weight is 497 g/mol. The second-order valence-electron chi connectivity index (χ2n) is 6.54. The molecule has 31 heavy (non-hydrogen) atoms. The highest BCUT2D eigenvalue weighted by Gasteiger charge is 2.35. The fourth-order valence-electron chi connectivity index (χ4n) is 2.96. The van der Waals surface area contributed by atoms with E-state index in [2.05, 4.69) is 0 Å². The summed E-state index contributed by atoms with van der Waals surface area (Å²) in [6.07, 6.45) is -3.33. The van der Waals surface area contributed by atoms with Crippen molar-refractivity contribution in [2.75, 3.05) is 25.0 Å². The number of halogens is 4. The standard InChI is InChI=1S/C18H16ClF3N2O5S2/c19-11-3-4-13(12(9-11)18(20,21)22)23-15(25)10-29-17(26)16-14(5-8-30-16)31(27,28)24-6-1-2-7-24/h3-5,8-9H,1-2,6-7,10H2,(H,23,25). The van der Waals surface area contributed by atoms with E-state index in [1.807, 2.05) is 5.32 Å². The molecule has 3 rings (SSSR count). The van der Waals surface area contributed by atoms with E-state index in [0.717, 1.165) is 17.4 Å². The molecule has 1 aliphatic rings. The molecule has 13 heteroatoms. The first-order valence-corrected chi connectivity index (χ1v) is 11.6. The maximum absolute atomic E-state index is 13.1. The molecule has 1 aliphatic heterocycles. The minimum absolute atomic E-state index is 0.166. The molecule has 0 atom stereocenters. The number of nitrogens with one attached hydrogen (secondary N) is 1. The fourth-order valence-corrected chi connectivity index (χ4v) is 5.93. The molecule has 2 heterocycles. The van der Waals surface area contributed by atoms with Gasteiger partial charge in [0.2, 0.25) is 10.0 Å². The number of nitrogens with zero attached hydrogens (tertiary/aromatic N) is 1. The van der Waals surface area contributed by atoms with Crippen molar-refractivity contribution in [1.82, 2.24) is 4.31 Å². The number of benzene rings is 1. The predicted molar refractivity (Wildman–Crippen MR) is 108 cm³/mol. The largest absolute Gasteiger partial charge is 0.451 e. The molecular formula is C18H16ClF3N2O5S2. The topological polar surface area (TPSA) is 92.8 Å². The minimum atomic E-state index is -4.76. The van der Waals surface area contributed by atoms with E-state index in [4.69, 9.17) is 16.3 Å². The van der Waals surface area contributed by atoms with Crippen LogP contribution < -0.4 is 5.32 Å². The van der Waals surface area contributed by atoms with Gasteiger partial charge in [0, 0.05) is 18.1 Å². The Hall–Kier alpha value is -2.15. The maximum Gasteiger partial charge on any atom is 0.418 e. The van der Waals surface area contributed by atoms with Crippen molar-refractivity contribution in [3.63, 3.8) is 0 Å². The molecule has 0 unspecified atom stereocenters. The third-order valence-corrected chi connectivity index (χ3v) is 7.59. The molecule has 1 N–H and O–H groups in total. The lowest BCUT2D eigenvalue weighted by Gasteiger charge is -2.16. The predicted octanol–water partition coefficient (Wildman–Crippen LogP) is 4.00. The molecule has 1 fully saturated rings. The summed E-state index contributed by atoms with van der Waals surface area (Å²) in [7, 11) is -3.88. The molecule has 1 aromatic carbocycles. The Balaban J connectivity index is 1.68. The maximum atomic E-state index is 13.1. The number of thiophene rings is 1. The molecule has 0 radical (unpaired) electrons. The summed E-state index contributed by atoms with van der Waals surface area (Å²) in [5, 5.41) is 3.26. The van der Waals surface area contributed by atoms with Crippen molar-refractivity contribution in [3.8, 4) is 0 Å². The van der Waals surface area contributed by atoms with Gasteiger partial charge in [0.05, 0.1) is 11.3 Å². The Morgan fingerprint density at radius 2 is 1.87 bits per heavy atom. The number of hydrogen-bond donors (Lipinski definition) is 1. The number of anilines is 1. The van der Waals surface area contributed by atoms with Gasteiger partial charge in [-0.1, -0.05) is 11.6 Å². The molecule has 1 amide bonds. The van der Waals surface area contributed by atoms with Gasteiger partial charge < -0.3 is 10.1 Å². The lowest BCUT2D eigenvalue weighted by Crippen LogP contribution is -2.29. The van der Waals surface area contributed by atoms with Crippen LogP contribution in [0.25, 0.3) is 0 Å². The molecule has 1 aromatic heterocycles. The van der Waals surface area contributed by atoms with Crippen molar-refractivity contribution in [3.05, 3.63) is 45.1 Å². The molecule has 0 aliphatic carbocycles. The summed E-state index contributed by atoms with van der Waals surface area (Å²) in [4.78, 5) is 23.9. The van der Waals surface area contributed by atoms with E-state index >= 15 is 0 Å². The van der Waals surface area contributed by atoms with Crippen LogP contribution in [-0.2, 0) is 25.7 Å². The number of rotatable bonds is 6. The zero-order chi connectivity index (χ0) is 22.8. The van der Waals surface area contributed by atoms with E-state index in [0.29, 0.717) is 32.0 Å². The molecule has 0 bridgehead atoms. The van der Waals surface area contributed by atoms with Crippen LogP contribution in [-0.4, -0.2) is 44.3 Å². The highest BCUT2D eigenvalue weighted by molar-refractivity contribution is 7.89. The fraction of sp³-hybridized carbons (Fsp3) is 0.333. The van der Waals surface area contributed by atoms with Crippen molar-refractivity contribution in [2.24, 2.45) is 0 Å². The van der Waals surface area contributed by atoms with Crippen LogP contribution in [0.1, 0.15) is 28.1 Å². The van der Waals surface area contributed by atoms with Crippen molar-refractivity contribution in [1.29, 1.82) is 0 Å². The normalized spacial score (nSPS) is 15.1. The number of sulfonamides is 1. The zero-order valence-corrected chi connectivity index (χ0v) is 18.1. The lowest BCUT2D eigenvalue weighted by molar-refractivity contribution is -0.137. The van der Waals surface area contributed by atoms with Gasteiger partial charge in [-0.05, 0) is 42.5 Å². The monoisotopic (exact) mass is 496 g/mol. The van der Waals surface area contributed by atoms with E-state index in [9.17, 15) is 31.2 Å². The first-order chi connectivity index (χ1) is 14.5. The Morgan fingerprint density at radius 3 is 2.52 bits per heavy atom. The third-order valence-electron chi connectivity index (χ3n) is 4.39. The van der Waals surface area contributed by atoms with Gasteiger partial charge in [-0.2, -0.15) is 17.5 Å². The van der Waals surface area contributed by atoms with Gasteiger partial charge in [0.25, 0.3) is 5.91 Å². The number of alkyl halides is 3. The summed E-state index contributed by atoms with van der Waals surface area (Å²) >= 11 is 6.42. The summed E-state index contributed by atoms with van der Waals surface area (Å²) in [6, 6.07) is 4.08. The Morgan fingerprint density at radius 1 is 1.19 bits per heavy atom. The van der Waals surface area contributed by atoms with Crippen LogP contribution in [0, 0.1) is 0 Å². The average Bonchev–Trinajstić information content (AvgIpc) is 3.39. The number of carbonyl (C=O) groups excluding carboxylic acids is 2. The molecule has 2 aromatic rings. The highest BCUT2D eigenvalue weighted by Crippen LogP contribution is 2.36. The number of amides is 1. The van der Waals surface area contributed by atoms with Crippen molar-refractivity contribution >= 4 is 50.5 Å². The lowest BCUT2D eigenvalue weighted by atomic mass is 10.1. The van der Waals surface area contributed by atoms with Crippen LogP contribution in [0.2, 0.25) is 5.02 Å². The van der Waals surface area contributed by atoms with Crippen LogP contribution in [0.5, 0.6) is 0 Å². The van der Waals surface area contributed by atoms with Gasteiger partial charge in [0.15, 0.2) is 6.61 Å². The number of hydrogen-bond acceptors (Lipinski definition) is 6. The van der Waals surface area contributed by atoms with Crippen LogP contribution in [0.4, 0.5) is 18.9 Å². The van der Waals surface area contributed by atoms with Gasteiger partial charge >= 0.3 is 12.1 Å². The minimum Gasteiger partial charge on any atom is -0.451 e. The first kappa shape index (κ1) is 23.5. The van der Waals surface area contributed by atoms with Crippen LogP contribution >= 0.6 is 22.9 Å². The van der Waals surface area contributed by atoms with Crippen molar-refractivity contribution < 1.29 is 35.9 Å². The van der Waals surface area contributed by atoms with Crippen molar-refractivity contribution in [2.45, 2.75) is 23.9 Å². The Kier molecular flexibility index (Phi) is 6.94. The van der Waals surface area contributed by atoms with Gasteiger partial charge in [-0.3, -0.25) is 4.79 Å². The van der Waals surface area contributed by atoms with Gasteiger partial charge in [-0.15, -0.1) is 11.3 Å².